The van der Waals surface area contributed by atoms with Gasteiger partial charge in [0.1, 0.15) is 5.75 Å². The van der Waals surface area contributed by atoms with Gasteiger partial charge in [0.2, 0.25) is 0 Å². The summed E-state index contributed by atoms with van der Waals surface area (Å²) in [4.78, 5) is 12.0. The lowest BCUT2D eigenvalue weighted by Crippen LogP contribution is -2.26. The second kappa shape index (κ2) is 8.52. The molecule has 0 spiro atoms. The summed E-state index contributed by atoms with van der Waals surface area (Å²) in [6, 6.07) is 15.7. The maximum absolute atomic E-state index is 12.0. The number of hydrogen-bond donors (Lipinski definition) is 2. The van der Waals surface area contributed by atoms with Gasteiger partial charge in [-0.05, 0) is 35.6 Å². The van der Waals surface area contributed by atoms with Crippen LogP contribution in [0.15, 0.2) is 53.6 Å². The lowest BCUT2D eigenvalue weighted by atomic mass is 9.86. The molecule has 26 heavy (non-hydrogen) atoms. The summed E-state index contributed by atoms with van der Waals surface area (Å²) >= 11 is 0. The monoisotopic (exact) mass is 353 g/mol. The Hall–Kier alpha value is -2.82. The normalized spacial score (nSPS) is 11.8. The van der Waals surface area contributed by atoms with Gasteiger partial charge in [-0.15, -0.1) is 0 Å². The van der Waals surface area contributed by atoms with Crippen LogP contribution in [0.1, 0.15) is 38.8 Å². The predicted octanol–water partition coefficient (Wildman–Crippen LogP) is 3.95. The van der Waals surface area contributed by atoms with Gasteiger partial charge in [0, 0.05) is 0 Å². The fourth-order valence-corrected chi connectivity index (χ4v) is 2.43. The van der Waals surface area contributed by atoms with Crippen molar-refractivity contribution in [2.24, 2.45) is 5.10 Å². The molecule has 0 radical (unpaired) electrons. The predicted molar refractivity (Wildman–Crippen MR) is 107 cm³/mol. The second-order valence-corrected chi connectivity index (χ2v) is 7.11. The Morgan fingerprint density at radius 3 is 2.35 bits per heavy atom. The SMILES string of the molecule is COc1ccccc1NCC(=O)N/N=C(/C)c1ccc(C(C)(C)C)cc1. The average molecular weight is 353 g/mol. The molecule has 0 unspecified atom stereocenters. The number of nitrogens with one attached hydrogen (secondary N) is 2. The highest BCUT2D eigenvalue weighted by Crippen LogP contribution is 2.23. The van der Waals surface area contributed by atoms with Gasteiger partial charge in [-0.3, -0.25) is 4.79 Å². The van der Waals surface area contributed by atoms with Crippen LogP contribution >= 0.6 is 0 Å². The minimum Gasteiger partial charge on any atom is -0.495 e. The summed E-state index contributed by atoms with van der Waals surface area (Å²) in [5, 5.41) is 7.23. The number of ether oxygens (including phenoxy) is 1. The van der Waals surface area contributed by atoms with Crippen LogP contribution in [0.5, 0.6) is 5.75 Å². The number of methoxy groups -OCH3 is 1. The van der Waals surface area contributed by atoms with Crippen molar-refractivity contribution in [1.29, 1.82) is 0 Å². The highest BCUT2D eigenvalue weighted by molar-refractivity contribution is 5.99. The Bertz CT molecular complexity index is 775. The zero-order valence-corrected chi connectivity index (χ0v) is 16.1. The Morgan fingerprint density at radius 1 is 1.08 bits per heavy atom. The molecule has 5 heteroatoms. The van der Waals surface area contributed by atoms with E-state index in [4.69, 9.17) is 4.74 Å². The molecule has 0 aromatic heterocycles. The van der Waals surface area contributed by atoms with Crippen LogP contribution in [-0.2, 0) is 10.2 Å². The van der Waals surface area contributed by atoms with E-state index < -0.39 is 0 Å². The van der Waals surface area contributed by atoms with Gasteiger partial charge < -0.3 is 10.1 Å². The van der Waals surface area contributed by atoms with Crippen LogP contribution < -0.4 is 15.5 Å². The number of para-hydroxylation sites is 2. The molecule has 2 N–H and O–H groups in total. The van der Waals surface area contributed by atoms with Crippen molar-refractivity contribution in [2.45, 2.75) is 33.1 Å². The van der Waals surface area contributed by atoms with Crippen molar-refractivity contribution < 1.29 is 9.53 Å². The number of carbonyl (C=O) groups is 1. The van der Waals surface area contributed by atoms with Crippen molar-refractivity contribution in [3.05, 3.63) is 59.7 Å². The van der Waals surface area contributed by atoms with Gasteiger partial charge in [0.25, 0.3) is 5.91 Å². The molecule has 0 fully saturated rings. The number of amides is 1. The average Bonchev–Trinajstić information content (AvgIpc) is 2.64. The molecular weight excluding hydrogens is 326 g/mol. The fourth-order valence-electron chi connectivity index (χ4n) is 2.43. The van der Waals surface area contributed by atoms with E-state index in [0.29, 0.717) is 5.75 Å². The smallest absolute Gasteiger partial charge is 0.259 e. The topological polar surface area (TPSA) is 62.7 Å². The zero-order chi connectivity index (χ0) is 19.2. The molecule has 1 amide bonds. The maximum Gasteiger partial charge on any atom is 0.259 e. The Kier molecular flexibility index (Phi) is 6.39. The third-order valence-electron chi connectivity index (χ3n) is 4.06. The van der Waals surface area contributed by atoms with Crippen molar-refractivity contribution >= 4 is 17.3 Å². The fraction of sp³-hybridized carbons (Fsp3) is 0.333. The molecule has 0 bridgehead atoms. The van der Waals surface area contributed by atoms with Crippen molar-refractivity contribution in [2.75, 3.05) is 19.0 Å². The van der Waals surface area contributed by atoms with E-state index in [9.17, 15) is 4.79 Å². The number of nitrogens with zero attached hydrogens (tertiary/aromatic N) is 1. The summed E-state index contributed by atoms with van der Waals surface area (Å²) in [5.41, 5.74) is 6.47. The molecule has 0 saturated carbocycles. The number of carbonyl (C=O) groups excluding carboxylic acids is 1. The van der Waals surface area contributed by atoms with Gasteiger partial charge in [0.05, 0.1) is 25.1 Å². The molecule has 0 atom stereocenters. The highest BCUT2D eigenvalue weighted by atomic mass is 16.5. The lowest BCUT2D eigenvalue weighted by Gasteiger charge is -2.19. The van der Waals surface area contributed by atoms with E-state index in [2.05, 4.69) is 48.7 Å². The Labute approximate surface area is 155 Å². The van der Waals surface area contributed by atoms with Crippen LogP contribution in [0.2, 0.25) is 0 Å². The van der Waals surface area contributed by atoms with E-state index in [1.54, 1.807) is 7.11 Å². The molecule has 0 aliphatic heterocycles. The van der Waals surface area contributed by atoms with Gasteiger partial charge >= 0.3 is 0 Å². The van der Waals surface area contributed by atoms with E-state index in [1.165, 1.54) is 5.56 Å². The van der Waals surface area contributed by atoms with Gasteiger partial charge in [-0.1, -0.05) is 57.2 Å². The molecule has 0 heterocycles. The highest BCUT2D eigenvalue weighted by Gasteiger charge is 2.13. The second-order valence-electron chi connectivity index (χ2n) is 7.11. The third kappa shape index (κ3) is 5.34. The lowest BCUT2D eigenvalue weighted by molar-refractivity contribution is -0.119. The molecule has 2 aromatic rings. The molecule has 2 rings (SSSR count). The third-order valence-corrected chi connectivity index (χ3v) is 4.06. The summed E-state index contributed by atoms with van der Waals surface area (Å²) in [7, 11) is 1.60. The van der Waals surface area contributed by atoms with Crippen LogP contribution in [0.4, 0.5) is 5.69 Å². The Balaban J connectivity index is 1.92. The van der Waals surface area contributed by atoms with Crippen molar-refractivity contribution in [3.63, 3.8) is 0 Å². The van der Waals surface area contributed by atoms with Crippen molar-refractivity contribution in [1.82, 2.24) is 5.43 Å². The van der Waals surface area contributed by atoms with Gasteiger partial charge in [-0.25, -0.2) is 5.43 Å². The largest absolute Gasteiger partial charge is 0.495 e. The van der Waals surface area contributed by atoms with E-state index in [-0.39, 0.29) is 17.9 Å². The first-order chi connectivity index (χ1) is 12.3. The minimum atomic E-state index is -0.221. The molecular formula is C21H27N3O2. The van der Waals surface area contributed by atoms with Crippen LogP contribution in [0.25, 0.3) is 0 Å². The maximum atomic E-state index is 12.0. The zero-order valence-electron chi connectivity index (χ0n) is 16.1. The number of benzene rings is 2. The number of hydrazone groups is 1. The van der Waals surface area contributed by atoms with Crippen LogP contribution in [0.3, 0.4) is 0 Å². The van der Waals surface area contributed by atoms with E-state index in [0.717, 1.165) is 17.0 Å². The number of anilines is 1. The first kappa shape index (κ1) is 19.5. The molecule has 5 nitrogen and oxygen atoms in total. The molecule has 0 saturated heterocycles. The molecule has 0 aliphatic carbocycles. The van der Waals surface area contributed by atoms with E-state index in [1.807, 2.05) is 43.3 Å². The number of hydrogen-bond acceptors (Lipinski definition) is 4. The van der Waals surface area contributed by atoms with Gasteiger partial charge in [0.15, 0.2) is 0 Å². The summed E-state index contributed by atoms with van der Waals surface area (Å²) in [6.45, 7) is 8.52. The number of rotatable bonds is 6. The van der Waals surface area contributed by atoms with Crippen LogP contribution in [0, 0.1) is 0 Å². The first-order valence-electron chi connectivity index (χ1n) is 8.62. The first-order valence-corrected chi connectivity index (χ1v) is 8.62. The Morgan fingerprint density at radius 2 is 1.73 bits per heavy atom. The molecule has 2 aromatic carbocycles. The van der Waals surface area contributed by atoms with Gasteiger partial charge in [-0.2, -0.15) is 5.10 Å². The molecule has 138 valence electrons. The summed E-state index contributed by atoms with van der Waals surface area (Å²) < 4.78 is 5.25. The van der Waals surface area contributed by atoms with Crippen molar-refractivity contribution in [3.8, 4) is 5.75 Å². The minimum absolute atomic E-state index is 0.111. The summed E-state index contributed by atoms with van der Waals surface area (Å²) in [6.07, 6.45) is 0. The standard InChI is InChI=1S/C21H27N3O2/c1-15(16-10-12-17(13-11-16)21(2,3)4)23-24-20(25)14-22-18-8-6-7-9-19(18)26-5/h6-13,22H,14H2,1-5H3,(H,24,25)/b23-15-. The van der Waals surface area contributed by atoms with Crippen LogP contribution in [-0.4, -0.2) is 25.3 Å². The van der Waals surface area contributed by atoms with E-state index >= 15 is 0 Å². The molecule has 0 aliphatic rings. The summed E-state index contributed by atoms with van der Waals surface area (Å²) in [5.74, 6) is 0.473. The quantitative estimate of drug-likeness (QED) is 0.611.